The van der Waals surface area contributed by atoms with Crippen molar-refractivity contribution in [3.05, 3.63) is 75.8 Å². The third kappa shape index (κ3) is 3.45. The summed E-state index contributed by atoms with van der Waals surface area (Å²) in [7, 11) is 0. The zero-order valence-electron chi connectivity index (χ0n) is 12.8. The standard InChI is InChI=1S/C18H17N3O2/c1-12-4-5-13-10-14(18(23)21-16(13)9-12)6-8-20-17(22)15-3-2-7-19-11-15/h2-5,7,9-11H,6,8H2,1H3,(H,20,22)(H,21,23). The average Bonchev–Trinajstić information content (AvgIpc) is 2.56. The van der Waals surface area contributed by atoms with E-state index in [0.717, 1.165) is 16.5 Å². The van der Waals surface area contributed by atoms with Crippen LogP contribution in [0.15, 0.2) is 53.6 Å². The van der Waals surface area contributed by atoms with E-state index in [1.54, 1.807) is 18.3 Å². The van der Waals surface area contributed by atoms with Crippen LogP contribution in [0, 0.1) is 6.92 Å². The van der Waals surface area contributed by atoms with E-state index in [1.165, 1.54) is 6.20 Å². The average molecular weight is 307 g/mol. The van der Waals surface area contributed by atoms with E-state index in [0.29, 0.717) is 24.1 Å². The van der Waals surface area contributed by atoms with E-state index >= 15 is 0 Å². The number of benzene rings is 1. The number of nitrogens with zero attached hydrogens (tertiary/aromatic N) is 1. The van der Waals surface area contributed by atoms with Crippen molar-refractivity contribution in [1.29, 1.82) is 0 Å². The van der Waals surface area contributed by atoms with E-state index in [4.69, 9.17) is 0 Å². The Morgan fingerprint density at radius 1 is 1.26 bits per heavy atom. The Morgan fingerprint density at radius 2 is 2.13 bits per heavy atom. The molecule has 0 unspecified atom stereocenters. The third-order valence-corrected chi connectivity index (χ3v) is 3.68. The highest BCUT2D eigenvalue weighted by molar-refractivity contribution is 5.93. The number of aromatic nitrogens is 2. The molecule has 1 aromatic carbocycles. The van der Waals surface area contributed by atoms with Gasteiger partial charge in [0, 0.05) is 30.0 Å². The minimum atomic E-state index is -0.189. The molecule has 0 bridgehead atoms. The van der Waals surface area contributed by atoms with Gasteiger partial charge in [0.1, 0.15) is 0 Å². The van der Waals surface area contributed by atoms with E-state index in [1.807, 2.05) is 31.2 Å². The van der Waals surface area contributed by atoms with E-state index < -0.39 is 0 Å². The largest absolute Gasteiger partial charge is 0.352 e. The van der Waals surface area contributed by atoms with Gasteiger partial charge in [-0.2, -0.15) is 0 Å². The van der Waals surface area contributed by atoms with Crippen LogP contribution in [0.25, 0.3) is 10.9 Å². The summed E-state index contributed by atoms with van der Waals surface area (Å²) in [5, 5.41) is 3.79. The lowest BCUT2D eigenvalue weighted by Crippen LogP contribution is -2.27. The number of rotatable bonds is 4. The molecular weight excluding hydrogens is 290 g/mol. The van der Waals surface area contributed by atoms with E-state index in [-0.39, 0.29) is 11.5 Å². The summed E-state index contributed by atoms with van der Waals surface area (Å²) < 4.78 is 0. The topological polar surface area (TPSA) is 74.8 Å². The predicted octanol–water partition coefficient (Wildman–Crippen LogP) is 2.20. The first-order chi connectivity index (χ1) is 11.1. The number of carbonyl (C=O) groups is 1. The molecule has 1 amide bonds. The Balaban J connectivity index is 1.70. The number of pyridine rings is 2. The number of hydrogen-bond donors (Lipinski definition) is 2. The van der Waals surface area contributed by atoms with Gasteiger partial charge in [-0.25, -0.2) is 0 Å². The van der Waals surface area contributed by atoms with Crippen LogP contribution in [0.1, 0.15) is 21.5 Å². The molecule has 0 atom stereocenters. The van der Waals surface area contributed by atoms with Crippen molar-refractivity contribution in [3.63, 3.8) is 0 Å². The summed E-state index contributed by atoms with van der Waals surface area (Å²) in [4.78, 5) is 30.8. The summed E-state index contributed by atoms with van der Waals surface area (Å²) in [5.74, 6) is -0.189. The molecule has 2 heterocycles. The second-order valence-corrected chi connectivity index (χ2v) is 5.46. The second kappa shape index (κ2) is 6.44. The Hall–Kier alpha value is -2.95. The zero-order chi connectivity index (χ0) is 16.2. The smallest absolute Gasteiger partial charge is 0.252 e. The molecular formula is C18H17N3O2. The molecule has 0 spiro atoms. The lowest BCUT2D eigenvalue weighted by Gasteiger charge is -2.06. The monoisotopic (exact) mass is 307 g/mol. The van der Waals surface area contributed by atoms with Gasteiger partial charge in [-0.3, -0.25) is 14.6 Å². The SMILES string of the molecule is Cc1ccc2cc(CCNC(=O)c3cccnc3)c(=O)[nH]c2c1. The predicted molar refractivity (Wildman–Crippen MR) is 89.6 cm³/mol. The number of hydrogen-bond acceptors (Lipinski definition) is 3. The fourth-order valence-corrected chi connectivity index (χ4v) is 2.46. The summed E-state index contributed by atoms with van der Waals surface area (Å²) in [6, 6.07) is 11.2. The highest BCUT2D eigenvalue weighted by Gasteiger charge is 2.06. The minimum Gasteiger partial charge on any atom is -0.352 e. The van der Waals surface area contributed by atoms with Crippen LogP contribution < -0.4 is 10.9 Å². The lowest BCUT2D eigenvalue weighted by molar-refractivity contribution is 0.0953. The molecule has 2 aromatic heterocycles. The summed E-state index contributed by atoms with van der Waals surface area (Å²) >= 11 is 0. The first-order valence-corrected chi connectivity index (χ1v) is 7.44. The van der Waals surface area contributed by atoms with Crippen LogP contribution in [0.2, 0.25) is 0 Å². The maximum atomic E-state index is 12.1. The van der Waals surface area contributed by atoms with Gasteiger partial charge in [-0.05, 0) is 48.6 Å². The van der Waals surface area contributed by atoms with Gasteiger partial charge < -0.3 is 10.3 Å². The minimum absolute atomic E-state index is 0.112. The molecule has 0 saturated heterocycles. The number of carbonyl (C=O) groups excluding carboxylic acids is 1. The van der Waals surface area contributed by atoms with Crippen LogP contribution in [0.5, 0.6) is 0 Å². The molecule has 3 aromatic rings. The van der Waals surface area contributed by atoms with Crippen molar-refractivity contribution in [1.82, 2.24) is 15.3 Å². The van der Waals surface area contributed by atoms with E-state index in [2.05, 4.69) is 15.3 Å². The second-order valence-electron chi connectivity index (χ2n) is 5.46. The molecule has 0 aliphatic heterocycles. The van der Waals surface area contributed by atoms with Crippen molar-refractivity contribution in [2.24, 2.45) is 0 Å². The third-order valence-electron chi connectivity index (χ3n) is 3.68. The number of aromatic amines is 1. The molecule has 0 saturated carbocycles. The highest BCUT2D eigenvalue weighted by atomic mass is 16.1. The quantitative estimate of drug-likeness (QED) is 0.776. The Morgan fingerprint density at radius 3 is 2.91 bits per heavy atom. The van der Waals surface area contributed by atoms with Crippen LogP contribution >= 0.6 is 0 Å². The van der Waals surface area contributed by atoms with Gasteiger partial charge >= 0.3 is 0 Å². The van der Waals surface area contributed by atoms with Crippen LogP contribution in [0.3, 0.4) is 0 Å². The lowest BCUT2D eigenvalue weighted by atomic mass is 10.1. The molecule has 5 heteroatoms. The van der Waals surface area contributed by atoms with Crippen molar-refractivity contribution in [2.45, 2.75) is 13.3 Å². The van der Waals surface area contributed by atoms with Crippen molar-refractivity contribution >= 4 is 16.8 Å². The summed E-state index contributed by atoms with van der Waals surface area (Å²) in [6.07, 6.45) is 3.61. The molecule has 23 heavy (non-hydrogen) atoms. The van der Waals surface area contributed by atoms with Gasteiger partial charge in [-0.1, -0.05) is 12.1 Å². The van der Waals surface area contributed by atoms with Crippen molar-refractivity contribution in [3.8, 4) is 0 Å². The van der Waals surface area contributed by atoms with Crippen molar-refractivity contribution < 1.29 is 4.79 Å². The molecule has 3 rings (SSSR count). The van der Waals surface area contributed by atoms with Gasteiger partial charge in [0.15, 0.2) is 0 Å². The number of fused-ring (bicyclic) bond motifs is 1. The van der Waals surface area contributed by atoms with E-state index in [9.17, 15) is 9.59 Å². The Kier molecular flexibility index (Phi) is 4.19. The van der Waals surface area contributed by atoms with Crippen LogP contribution in [-0.4, -0.2) is 22.4 Å². The summed E-state index contributed by atoms with van der Waals surface area (Å²) in [6.45, 7) is 2.38. The number of aryl methyl sites for hydroxylation is 1. The zero-order valence-corrected chi connectivity index (χ0v) is 12.8. The van der Waals surface area contributed by atoms with Crippen LogP contribution in [0.4, 0.5) is 0 Å². The maximum Gasteiger partial charge on any atom is 0.252 e. The van der Waals surface area contributed by atoms with Crippen molar-refractivity contribution in [2.75, 3.05) is 6.54 Å². The maximum absolute atomic E-state index is 12.1. The first kappa shape index (κ1) is 15.0. The Labute approximate surface area is 133 Å². The first-order valence-electron chi connectivity index (χ1n) is 7.44. The summed E-state index contributed by atoms with van der Waals surface area (Å²) in [5.41, 5.74) is 2.99. The Bertz CT molecular complexity index is 901. The fourth-order valence-electron chi connectivity index (χ4n) is 2.46. The molecule has 0 aliphatic rings. The normalized spacial score (nSPS) is 10.7. The number of H-pyrrole nitrogens is 1. The van der Waals surface area contributed by atoms with Crippen LogP contribution in [-0.2, 0) is 6.42 Å². The number of nitrogens with one attached hydrogen (secondary N) is 2. The highest BCUT2D eigenvalue weighted by Crippen LogP contribution is 2.13. The number of amides is 1. The fraction of sp³-hybridized carbons (Fsp3) is 0.167. The molecule has 5 nitrogen and oxygen atoms in total. The molecule has 0 aliphatic carbocycles. The molecule has 0 radical (unpaired) electrons. The van der Waals surface area contributed by atoms with Gasteiger partial charge in [0.2, 0.25) is 0 Å². The molecule has 0 fully saturated rings. The molecule has 2 N–H and O–H groups in total. The molecule has 116 valence electrons. The van der Waals surface area contributed by atoms with Gasteiger partial charge in [0.05, 0.1) is 5.56 Å². The van der Waals surface area contributed by atoms with Gasteiger partial charge in [-0.15, -0.1) is 0 Å². The van der Waals surface area contributed by atoms with Gasteiger partial charge in [0.25, 0.3) is 11.5 Å².